The SMILES string of the molecule is CCCN(CCC)C(=O)c1cnn(Cc2ccccc2Cl)c1. The van der Waals surface area contributed by atoms with E-state index in [9.17, 15) is 4.79 Å². The smallest absolute Gasteiger partial charge is 0.257 e. The predicted octanol–water partition coefficient (Wildman–Crippen LogP) is 3.85. The highest BCUT2D eigenvalue weighted by Crippen LogP contribution is 2.16. The summed E-state index contributed by atoms with van der Waals surface area (Å²) in [6, 6.07) is 7.67. The van der Waals surface area contributed by atoms with E-state index in [1.165, 1.54) is 0 Å². The fourth-order valence-electron chi connectivity index (χ4n) is 2.40. The number of nitrogens with zero attached hydrogens (tertiary/aromatic N) is 3. The zero-order chi connectivity index (χ0) is 15.9. The Labute approximate surface area is 136 Å². The zero-order valence-corrected chi connectivity index (χ0v) is 13.9. The average molecular weight is 320 g/mol. The lowest BCUT2D eigenvalue weighted by Gasteiger charge is -2.20. The lowest BCUT2D eigenvalue weighted by Crippen LogP contribution is -2.32. The molecule has 0 N–H and O–H groups in total. The van der Waals surface area contributed by atoms with Crippen molar-refractivity contribution >= 4 is 17.5 Å². The van der Waals surface area contributed by atoms with Crippen LogP contribution < -0.4 is 0 Å². The summed E-state index contributed by atoms with van der Waals surface area (Å²) in [5, 5.41) is 5.00. The van der Waals surface area contributed by atoms with E-state index in [2.05, 4.69) is 18.9 Å². The fraction of sp³-hybridized carbons (Fsp3) is 0.412. The quantitative estimate of drug-likeness (QED) is 0.777. The summed E-state index contributed by atoms with van der Waals surface area (Å²) in [6.45, 7) is 6.28. The van der Waals surface area contributed by atoms with Gasteiger partial charge in [0.1, 0.15) is 0 Å². The van der Waals surface area contributed by atoms with Gasteiger partial charge >= 0.3 is 0 Å². The van der Waals surface area contributed by atoms with E-state index in [1.807, 2.05) is 29.2 Å². The Hall–Kier alpha value is -1.81. The van der Waals surface area contributed by atoms with Crippen LogP contribution in [0.3, 0.4) is 0 Å². The second-order valence-corrected chi connectivity index (χ2v) is 5.72. The Morgan fingerprint density at radius 3 is 2.55 bits per heavy atom. The van der Waals surface area contributed by atoms with Gasteiger partial charge in [-0.1, -0.05) is 43.6 Å². The van der Waals surface area contributed by atoms with Crippen molar-refractivity contribution < 1.29 is 4.79 Å². The summed E-state index contributed by atoms with van der Waals surface area (Å²) in [4.78, 5) is 14.4. The van der Waals surface area contributed by atoms with Gasteiger partial charge in [-0.15, -0.1) is 0 Å². The summed E-state index contributed by atoms with van der Waals surface area (Å²) in [7, 11) is 0. The van der Waals surface area contributed by atoms with Crippen LogP contribution in [0.15, 0.2) is 36.7 Å². The number of benzene rings is 1. The Morgan fingerprint density at radius 2 is 1.91 bits per heavy atom. The summed E-state index contributed by atoms with van der Waals surface area (Å²) in [5.74, 6) is 0.0501. The Morgan fingerprint density at radius 1 is 1.23 bits per heavy atom. The molecule has 1 heterocycles. The number of hydrogen-bond acceptors (Lipinski definition) is 2. The van der Waals surface area contributed by atoms with Gasteiger partial charge in [0.05, 0.1) is 18.3 Å². The first kappa shape index (κ1) is 16.6. The van der Waals surface area contributed by atoms with Gasteiger partial charge in [0.2, 0.25) is 0 Å². The highest BCUT2D eigenvalue weighted by atomic mass is 35.5. The molecule has 0 saturated heterocycles. The molecular formula is C17H22ClN3O. The molecule has 4 nitrogen and oxygen atoms in total. The van der Waals surface area contributed by atoms with Crippen molar-refractivity contribution in [1.29, 1.82) is 0 Å². The minimum absolute atomic E-state index is 0.0501. The van der Waals surface area contributed by atoms with E-state index in [0.717, 1.165) is 31.5 Å². The molecule has 22 heavy (non-hydrogen) atoms. The van der Waals surface area contributed by atoms with Crippen molar-refractivity contribution in [3.63, 3.8) is 0 Å². The topological polar surface area (TPSA) is 38.1 Å². The fourth-order valence-corrected chi connectivity index (χ4v) is 2.59. The van der Waals surface area contributed by atoms with Crippen molar-refractivity contribution in [2.75, 3.05) is 13.1 Å². The Balaban J connectivity index is 2.10. The lowest BCUT2D eigenvalue weighted by atomic mass is 10.2. The molecule has 118 valence electrons. The van der Waals surface area contributed by atoms with E-state index >= 15 is 0 Å². The maximum absolute atomic E-state index is 12.5. The van der Waals surface area contributed by atoms with Crippen LogP contribution in [0.4, 0.5) is 0 Å². The van der Waals surface area contributed by atoms with E-state index in [-0.39, 0.29) is 5.91 Å². The molecule has 1 aromatic heterocycles. The third-order valence-electron chi connectivity index (χ3n) is 3.44. The number of hydrogen-bond donors (Lipinski definition) is 0. The lowest BCUT2D eigenvalue weighted by molar-refractivity contribution is 0.0755. The molecule has 1 aromatic carbocycles. The second-order valence-electron chi connectivity index (χ2n) is 5.31. The molecule has 2 aromatic rings. The summed E-state index contributed by atoms with van der Waals surface area (Å²) < 4.78 is 1.75. The molecule has 0 spiro atoms. The molecule has 5 heteroatoms. The van der Waals surface area contributed by atoms with Crippen LogP contribution in [-0.2, 0) is 6.54 Å². The van der Waals surface area contributed by atoms with Gasteiger partial charge in [0.15, 0.2) is 0 Å². The van der Waals surface area contributed by atoms with Crippen LogP contribution in [0.25, 0.3) is 0 Å². The van der Waals surface area contributed by atoms with Crippen LogP contribution >= 0.6 is 11.6 Å². The van der Waals surface area contributed by atoms with E-state index < -0.39 is 0 Å². The summed E-state index contributed by atoms with van der Waals surface area (Å²) in [6.07, 6.45) is 5.35. The van der Waals surface area contributed by atoms with Crippen LogP contribution in [0.1, 0.15) is 42.6 Å². The highest BCUT2D eigenvalue weighted by Gasteiger charge is 2.16. The number of aromatic nitrogens is 2. The first-order valence-electron chi connectivity index (χ1n) is 7.70. The number of amides is 1. The molecule has 2 rings (SSSR count). The van der Waals surface area contributed by atoms with Crippen LogP contribution in [0.5, 0.6) is 0 Å². The van der Waals surface area contributed by atoms with Gasteiger partial charge in [-0.05, 0) is 24.5 Å². The predicted molar refractivity (Wildman–Crippen MR) is 89.3 cm³/mol. The summed E-state index contributed by atoms with van der Waals surface area (Å²) >= 11 is 6.16. The molecule has 0 bridgehead atoms. The molecule has 0 saturated carbocycles. The first-order valence-corrected chi connectivity index (χ1v) is 8.08. The average Bonchev–Trinajstić information content (AvgIpc) is 2.97. The third kappa shape index (κ3) is 4.10. The summed E-state index contributed by atoms with van der Waals surface area (Å²) in [5.41, 5.74) is 1.62. The van der Waals surface area contributed by atoms with Crippen molar-refractivity contribution in [3.8, 4) is 0 Å². The molecule has 1 amide bonds. The van der Waals surface area contributed by atoms with Crippen molar-refractivity contribution in [3.05, 3.63) is 52.8 Å². The molecule has 0 aliphatic heterocycles. The molecule has 0 unspecified atom stereocenters. The van der Waals surface area contributed by atoms with Crippen LogP contribution in [0.2, 0.25) is 5.02 Å². The molecular weight excluding hydrogens is 298 g/mol. The molecule has 0 aliphatic carbocycles. The monoisotopic (exact) mass is 319 g/mol. The minimum atomic E-state index is 0.0501. The first-order chi connectivity index (χ1) is 10.7. The van der Waals surface area contributed by atoms with Crippen molar-refractivity contribution in [2.24, 2.45) is 0 Å². The van der Waals surface area contributed by atoms with Gasteiger partial charge in [0, 0.05) is 24.3 Å². The van der Waals surface area contributed by atoms with Crippen molar-refractivity contribution in [1.82, 2.24) is 14.7 Å². The molecule has 0 aliphatic rings. The maximum atomic E-state index is 12.5. The highest BCUT2D eigenvalue weighted by molar-refractivity contribution is 6.31. The number of halogens is 1. The molecule has 0 fully saturated rings. The third-order valence-corrected chi connectivity index (χ3v) is 3.81. The van der Waals surface area contributed by atoms with E-state index in [4.69, 9.17) is 11.6 Å². The van der Waals surface area contributed by atoms with Gasteiger partial charge in [-0.3, -0.25) is 9.48 Å². The Bertz CT molecular complexity index is 618. The van der Waals surface area contributed by atoms with Crippen LogP contribution in [-0.4, -0.2) is 33.7 Å². The number of carbonyl (C=O) groups excluding carboxylic acids is 1. The minimum Gasteiger partial charge on any atom is -0.339 e. The number of rotatable bonds is 7. The van der Waals surface area contributed by atoms with Gasteiger partial charge in [0.25, 0.3) is 5.91 Å². The maximum Gasteiger partial charge on any atom is 0.257 e. The zero-order valence-electron chi connectivity index (χ0n) is 13.1. The van der Waals surface area contributed by atoms with E-state index in [1.54, 1.807) is 17.1 Å². The Kier molecular flexibility index (Phi) is 6.01. The largest absolute Gasteiger partial charge is 0.339 e. The van der Waals surface area contributed by atoms with Gasteiger partial charge < -0.3 is 4.90 Å². The van der Waals surface area contributed by atoms with Gasteiger partial charge in [-0.25, -0.2) is 0 Å². The van der Waals surface area contributed by atoms with Crippen LogP contribution in [0, 0.1) is 0 Å². The van der Waals surface area contributed by atoms with E-state index in [0.29, 0.717) is 17.1 Å². The normalized spacial score (nSPS) is 10.7. The van der Waals surface area contributed by atoms with Gasteiger partial charge in [-0.2, -0.15) is 5.10 Å². The number of carbonyl (C=O) groups is 1. The second kappa shape index (κ2) is 7.99. The van der Waals surface area contributed by atoms with Crippen molar-refractivity contribution in [2.45, 2.75) is 33.2 Å². The standard InChI is InChI=1S/C17H22ClN3O/c1-3-9-20(10-4-2)17(22)15-11-19-21(13-15)12-14-7-5-6-8-16(14)18/h5-8,11,13H,3-4,9-10,12H2,1-2H3. The molecule has 0 radical (unpaired) electrons. The molecule has 0 atom stereocenters.